The lowest BCUT2D eigenvalue weighted by Gasteiger charge is -2.02. The van der Waals surface area contributed by atoms with E-state index in [4.69, 9.17) is 16.6 Å². The van der Waals surface area contributed by atoms with Crippen molar-refractivity contribution in [2.24, 2.45) is 0 Å². The quantitative estimate of drug-likeness (QED) is 0.383. The zero-order valence-corrected chi connectivity index (χ0v) is 10.2. The van der Waals surface area contributed by atoms with E-state index in [2.05, 4.69) is 9.97 Å². The fraction of sp³-hybridized carbons (Fsp3) is 0.500. The Bertz CT molecular complexity index is 366. The Morgan fingerprint density at radius 1 is 1.24 bits per heavy atom. The van der Waals surface area contributed by atoms with Gasteiger partial charge in [0.05, 0.1) is 0 Å². The minimum absolute atomic E-state index is 0.229. The summed E-state index contributed by atoms with van der Waals surface area (Å²) in [7, 11) is 0. The fourth-order valence-electron chi connectivity index (χ4n) is 1.25. The number of nitrogens with two attached hydrogens (primary N) is 2. The third-order valence-electron chi connectivity index (χ3n) is 2.01. The lowest BCUT2D eigenvalue weighted by molar-refractivity contribution is -0.137. The molecule has 0 amide bonds. The molecule has 0 atom stereocenters. The number of rotatable bonds is 7. The first-order chi connectivity index (χ1) is 8.08. The fourth-order valence-corrected chi connectivity index (χ4v) is 2.12. The van der Waals surface area contributed by atoms with Gasteiger partial charge in [-0.3, -0.25) is 4.79 Å². The minimum atomic E-state index is -0.746. The van der Waals surface area contributed by atoms with Gasteiger partial charge < -0.3 is 16.6 Å². The molecule has 5 N–H and O–H groups in total. The second-order valence-electron chi connectivity index (χ2n) is 3.55. The molecule has 1 rings (SSSR count). The predicted octanol–water partition coefficient (Wildman–Crippen LogP) is 1.38. The van der Waals surface area contributed by atoms with Crippen molar-refractivity contribution < 1.29 is 9.90 Å². The first-order valence-corrected chi connectivity index (χ1v) is 6.31. The first-order valence-electron chi connectivity index (χ1n) is 5.32. The van der Waals surface area contributed by atoms with Crippen molar-refractivity contribution in [3.63, 3.8) is 0 Å². The number of aromatic nitrogens is 2. The summed E-state index contributed by atoms with van der Waals surface area (Å²) in [5.74, 6) is 0.823. The molecule has 0 saturated carbocycles. The van der Waals surface area contributed by atoms with Gasteiger partial charge in [0.1, 0.15) is 11.6 Å². The number of carbonyl (C=O) groups is 1. The van der Waals surface area contributed by atoms with Crippen LogP contribution in [0, 0.1) is 0 Å². The van der Waals surface area contributed by atoms with Crippen molar-refractivity contribution in [3.8, 4) is 0 Å². The van der Waals surface area contributed by atoms with Crippen LogP contribution in [-0.4, -0.2) is 26.8 Å². The molecule has 0 aliphatic rings. The molecule has 7 heteroatoms. The number of anilines is 2. The molecule has 0 aromatic carbocycles. The second kappa shape index (κ2) is 6.95. The highest BCUT2D eigenvalue weighted by Gasteiger charge is 2.01. The molecular weight excluding hydrogens is 240 g/mol. The van der Waals surface area contributed by atoms with Crippen molar-refractivity contribution in [3.05, 3.63) is 6.07 Å². The highest BCUT2D eigenvalue weighted by atomic mass is 32.2. The molecule has 94 valence electrons. The highest BCUT2D eigenvalue weighted by Crippen LogP contribution is 2.18. The van der Waals surface area contributed by atoms with E-state index in [0.717, 1.165) is 18.6 Å². The van der Waals surface area contributed by atoms with Crippen molar-refractivity contribution in [1.82, 2.24) is 9.97 Å². The van der Waals surface area contributed by atoms with E-state index in [1.807, 2.05) is 0 Å². The van der Waals surface area contributed by atoms with Gasteiger partial charge in [0.25, 0.3) is 0 Å². The number of thioether (sulfide) groups is 1. The summed E-state index contributed by atoms with van der Waals surface area (Å²) in [6.07, 6.45) is 2.75. The van der Waals surface area contributed by atoms with Crippen LogP contribution in [0.1, 0.15) is 25.7 Å². The lowest BCUT2D eigenvalue weighted by Crippen LogP contribution is -1.99. The average molecular weight is 256 g/mol. The Morgan fingerprint density at radius 3 is 2.47 bits per heavy atom. The van der Waals surface area contributed by atoms with Gasteiger partial charge in [0.15, 0.2) is 5.16 Å². The van der Waals surface area contributed by atoms with E-state index in [1.54, 1.807) is 0 Å². The summed E-state index contributed by atoms with van der Waals surface area (Å²) in [5, 5.41) is 9.03. The molecule has 0 unspecified atom stereocenters. The van der Waals surface area contributed by atoms with Crippen LogP contribution in [0.3, 0.4) is 0 Å². The summed E-state index contributed by atoms with van der Waals surface area (Å²) >= 11 is 1.48. The number of nitrogen functional groups attached to an aromatic ring is 2. The third kappa shape index (κ3) is 5.96. The Hall–Kier alpha value is -1.50. The number of unbranched alkanes of at least 4 members (excludes halogenated alkanes) is 2. The molecule has 0 aliphatic heterocycles. The van der Waals surface area contributed by atoms with Gasteiger partial charge in [0.2, 0.25) is 0 Å². The molecule has 6 nitrogen and oxygen atoms in total. The Kier molecular flexibility index (Phi) is 5.55. The molecule has 0 bridgehead atoms. The van der Waals surface area contributed by atoms with Gasteiger partial charge in [-0.1, -0.05) is 18.2 Å². The average Bonchev–Trinajstić information content (AvgIpc) is 2.21. The van der Waals surface area contributed by atoms with Gasteiger partial charge in [-0.05, 0) is 12.8 Å². The van der Waals surface area contributed by atoms with Crippen LogP contribution < -0.4 is 11.5 Å². The minimum Gasteiger partial charge on any atom is -0.481 e. The molecule has 17 heavy (non-hydrogen) atoms. The van der Waals surface area contributed by atoms with Crippen molar-refractivity contribution in [2.45, 2.75) is 30.8 Å². The molecule has 1 aromatic rings. The Balaban J connectivity index is 2.20. The number of carboxylic acid groups (broad SMARTS) is 1. The Labute approximate surface area is 104 Å². The standard InChI is InChI=1S/C10H16N4O2S/c11-7-6-8(12)14-10(13-7)17-5-3-1-2-4-9(15)16/h6H,1-5H2,(H,15,16)(H4,11,12,13,14). The van der Waals surface area contributed by atoms with Crippen LogP contribution in [0.2, 0.25) is 0 Å². The number of carboxylic acids is 1. The smallest absolute Gasteiger partial charge is 0.303 e. The molecule has 1 heterocycles. The maximum atomic E-state index is 10.3. The second-order valence-corrected chi connectivity index (χ2v) is 4.62. The summed E-state index contributed by atoms with van der Waals surface area (Å²) in [6, 6.07) is 1.51. The van der Waals surface area contributed by atoms with Crippen LogP contribution in [0.25, 0.3) is 0 Å². The first kappa shape index (κ1) is 13.6. The van der Waals surface area contributed by atoms with Crippen molar-refractivity contribution in [1.29, 1.82) is 0 Å². The summed E-state index contributed by atoms with van der Waals surface area (Å²) < 4.78 is 0. The van der Waals surface area contributed by atoms with Crippen LogP contribution in [-0.2, 0) is 4.79 Å². The van der Waals surface area contributed by atoms with Gasteiger partial charge in [-0.2, -0.15) is 0 Å². The van der Waals surface area contributed by atoms with Gasteiger partial charge >= 0.3 is 5.97 Å². The number of hydrogen-bond donors (Lipinski definition) is 3. The number of aliphatic carboxylic acids is 1. The van der Waals surface area contributed by atoms with Gasteiger partial charge in [-0.25, -0.2) is 9.97 Å². The SMILES string of the molecule is Nc1cc(N)nc(SCCCCCC(=O)O)n1. The predicted molar refractivity (Wildman–Crippen MR) is 67.7 cm³/mol. The molecule has 0 aliphatic carbocycles. The maximum absolute atomic E-state index is 10.3. The molecule has 0 fully saturated rings. The third-order valence-corrected chi connectivity index (χ3v) is 2.94. The van der Waals surface area contributed by atoms with E-state index in [9.17, 15) is 4.79 Å². The largest absolute Gasteiger partial charge is 0.481 e. The molecule has 1 aromatic heterocycles. The van der Waals surface area contributed by atoms with E-state index in [0.29, 0.717) is 23.2 Å². The van der Waals surface area contributed by atoms with Crippen molar-refractivity contribution in [2.75, 3.05) is 17.2 Å². The van der Waals surface area contributed by atoms with Crippen LogP contribution in [0.4, 0.5) is 11.6 Å². The van der Waals surface area contributed by atoms with Gasteiger partial charge in [0, 0.05) is 18.2 Å². The monoisotopic (exact) mass is 256 g/mol. The summed E-state index contributed by atoms with van der Waals surface area (Å²) in [6.45, 7) is 0. The molecule has 0 spiro atoms. The zero-order chi connectivity index (χ0) is 12.7. The van der Waals surface area contributed by atoms with Crippen LogP contribution in [0.5, 0.6) is 0 Å². The lowest BCUT2D eigenvalue weighted by atomic mass is 10.2. The molecule has 0 saturated heterocycles. The Morgan fingerprint density at radius 2 is 1.88 bits per heavy atom. The van der Waals surface area contributed by atoms with E-state index in [1.165, 1.54) is 17.8 Å². The zero-order valence-electron chi connectivity index (χ0n) is 9.43. The van der Waals surface area contributed by atoms with Gasteiger partial charge in [-0.15, -0.1) is 0 Å². The topological polar surface area (TPSA) is 115 Å². The van der Waals surface area contributed by atoms with E-state index in [-0.39, 0.29) is 6.42 Å². The van der Waals surface area contributed by atoms with E-state index >= 15 is 0 Å². The summed E-state index contributed by atoms with van der Waals surface area (Å²) in [5.41, 5.74) is 11.1. The number of nitrogens with zero attached hydrogens (tertiary/aromatic N) is 2. The van der Waals surface area contributed by atoms with E-state index < -0.39 is 5.97 Å². The summed E-state index contributed by atoms with van der Waals surface area (Å²) in [4.78, 5) is 18.3. The van der Waals surface area contributed by atoms with Crippen molar-refractivity contribution >= 4 is 29.4 Å². The normalized spacial score (nSPS) is 10.4. The highest BCUT2D eigenvalue weighted by molar-refractivity contribution is 7.99. The molecular formula is C10H16N4O2S. The maximum Gasteiger partial charge on any atom is 0.303 e. The van der Waals surface area contributed by atoms with Crippen LogP contribution in [0.15, 0.2) is 11.2 Å². The number of hydrogen-bond acceptors (Lipinski definition) is 6. The van der Waals surface area contributed by atoms with Crippen LogP contribution >= 0.6 is 11.8 Å². The molecule has 0 radical (unpaired) electrons.